The van der Waals surface area contributed by atoms with Crippen LogP contribution in [0.5, 0.6) is 5.75 Å². The van der Waals surface area contributed by atoms with Crippen molar-refractivity contribution in [2.24, 2.45) is 0 Å². The van der Waals surface area contributed by atoms with E-state index in [2.05, 4.69) is 38.6 Å². The quantitative estimate of drug-likeness (QED) is 0.351. The molecule has 4 N–H and O–H groups in total. The monoisotopic (exact) mass is 544 g/mol. The number of ether oxygens (including phenoxy) is 1. The van der Waals surface area contributed by atoms with Gasteiger partial charge in [-0.1, -0.05) is 29.8 Å². The molecule has 0 amide bonds. The van der Waals surface area contributed by atoms with E-state index in [0.29, 0.717) is 23.0 Å². The summed E-state index contributed by atoms with van der Waals surface area (Å²) in [5.41, 5.74) is 8.33. The minimum Gasteiger partial charge on any atom is -0.495 e. The molecule has 1 unspecified atom stereocenters. The number of halogens is 1. The van der Waals surface area contributed by atoms with Crippen LogP contribution in [0.25, 0.3) is 0 Å². The summed E-state index contributed by atoms with van der Waals surface area (Å²) in [4.78, 5) is 11.3. The Hall–Kier alpha value is -3.08. The second-order valence-corrected chi connectivity index (χ2v) is 12.3. The smallest absolute Gasteiger partial charge is 0.231 e. The van der Waals surface area contributed by atoms with Gasteiger partial charge in [0.1, 0.15) is 16.6 Å². The van der Waals surface area contributed by atoms with Crippen LogP contribution < -0.4 is 21.1 Å². The lowest BCUT2D eigenvalue weighted by Gasteiger charge is -2.30. The maximum absolute atomic E-state index is 12.9. The Morgan fingerprint density at radius 2 is 1.89 bits per heavy atom. The standard InChI is InChI=1S/C26H33ClN6O3S/c1-16(2)37(34,35)22-10-6-5-9-20(22)29-25-23(27)24(28)31-26(32-25)30-19-12-11-17(14-21(19)36-4)18-8-7-13-33(3)15-18/h5-6,9-12,14,16,18H,7-8,13,15H2,1-4H3,(H4,28,29,30,31,32). The second kappa shape index (κ2) is 11.1. The number of aromatic nitrogens is 2. The predicted octanol–water partition coefficient (Wildman–Crippen LogP) is 5.20. The maximum Gasteiger partial charge on any atom is 0.231 e. The Labute approximate surface area is 223 Å². The lowest BCUT2D eigenvalue weighted by Crippen LogP contribution is -2.30. The zero-order valence-corrected chi connectivity index (χ0v) is 23.0. The Bertz CT molecular complexity index is 1380. The molecular formula is C26H33ClN6O3S. The fourth-order valence-electron chi connectivity index (χ4n) is 4.43. The number of nitrogens with two attached hydrogens (primary N) is 1. The van der Waals surface area contributed by atoms with Crippen molar-refractivity contribution in [1.82, 2.24) is 14.9 Å². The molecule has 9 nitrogen and oxygen atoms in total. The fourth-order valence-corrected chi connectivity index (χ4v) is 5.76. The lowest BCUT2D eigenvalue weighted by molar-refractivity contribution is 0.250. The van der Waals surface area contributed by atoms with E-state index in [9.17, 15) is 8.42 Å². The number of nitrogens with zero attached hydrogens (tertiary/aromatic N) is 3. The summed E-state index contributed by atoms with van der Waals surface area (Å²) in [7, 11) is 0.211. The minimum atomic E-state index is -3.55. The number of nitrogens with one attached hydrogen (secondary N) is 2. The largest absolute Gasteiger partial charge is 0.495 e. The summed E-state index contributed by atoms with van der Waals surface area (Å²) in [5.74, 6) is 1.53. The van der Waals surface area contributed by atoms with Crippen LogP contribution in [0.3, 0.4) is 0 Å². The van der Waals surface area contributed by atoms with Crippen LogP contribution >= 0.6 is 11.6 Å². The molecule has 0 spiro atoms. The van der Waals surface area contributed by atoms with Gasteiger partial charge in [0, 0.05) is 6.54 Å². The molecule has 1 fully saturated rings. The number of benzene rings is 2. The highest BCUT2D eigenvalue weighted by atomic mass is 35.5. The number of methoxy groups -OCH3 is 1. The van der Waals surface area contributed by atoms with Gasteiger partial charge in [-0.15, -0.1) is 0 Å². The Morgan fingerprint density at radius 1 is 1.14 bits per heavy atom. The van der Waals surface area contributed by atoms with Gasteiger partial charge >= 0.3 is 0 Å². The lowest BCUT2D eigenvalue weighted by atomic mass is 9.90. The summed E-state index contributed by atoms with van der Waals surface area (Å²) in [6.07, 6.45) is 2.30. The number of hydrogen-bond acceptors (Lipinski definition) is 9. The van der Waals surface area contributed by atoms with Gasteiger partial charge in [0.15, 0.2) is 15.7 Å². The molecule has 1 aliphatic rings. The topological polar surface area (TPSA) is 122 Å². The Kier molecular flexibility index (Phi) is 8.11. The van der Waals surface area contributed by atoms with Gasteiger partial charge in [0.2, 0.25) is 5.95 Å². The van der Waals surface area contributed by atoms with Gasteiger partial charge in [-0.25, -0.2) is 8.42 Å². The van der Waals surface area contributed by atoms with E-state index in [-0.39, 0.29) is 27.5 Å². The average Bonchev–Trinajstić information content (AvgIpc) is 2.87. The minimum absolute atomic E-state index is 0.0479. The van der Waals surface area contributed by atoms with Crippen LogP contribution in [0, 0.1) is 0 Å². The van der Waals surface area contributed by atoms with E-state index in [1.54, 1.807) is 45.2 Å². The van der Waals surface area contributed by atoms with Crippen LogP contribution in [0.15, 0.2) is 47.4 Å². The van der Waals surface area contributed by atoms with Crippen LogP contribution in [0.4, 0.5) is 29.0 Å². The van der Waals surface area contributed by atoms with E-state index < -0.39 is 15.1 Å². The first kappa shape index (κ1) is 27.0. The zero-order valence-electron chi connectivity index (χ0n) is 21.5. The molecule has 3 aromatic rings. The number of sulfone groups is 1. The summed E-state index contributed by atoms with van der Waals surface area (Å²) < 4.78 is 31.4. The second-order valence-electron chi connectivity index (χ2n) is 9.50. The van der Waals surface area contributed by atoms with E-state index >= 15 is 0 Å². The molecule has 2 heterocycles. The predicted molar refractivity (Wildman–Crippen MR) is 149 cm³/mol. The third-order valence-corrected chi connectivity index (χ3v) is 9.09. The number of anilines is 5. The summed E-state index contributed by atoms with van der Waals surface area (Å²) in [6, 6.07) is 12.7. The molecule has 1 aromatic heterocycles. The normalized spacial score (nSPS) is 16.5. The van der Waals surface area contributed by atoms with E-state index in [1.165, 1.54) is 12.0 Å². The molecule has 1 aliphatic heterocycles. The molecule has 0 saturated carbocycles. The first-order chi connectivity index (χ1) is 17.6. The zero-order chi connectivity index (χ0) is 26.7. The van der Waals surface area contributed by atoms with Crippen molar-refractivity contribution in [2.45, 2.75) is 42.8 Å². The highest BCUT2D eigenvalue weighted by Gasteiger charge is 2.24. The van der Waals surface area contributed by atoms with Crippen LogP contribution in [0.2, 0.25) is 5.02 Å². The van der Waals surface area contributed by atoms with Crippen molar-refractivity contribution < 1.29 is 13.2 Å². The number of para-hydroxylation sites is 1. The molecule has 37 heavy (non-hydrogen) atoms. The Morgan fingerprint density at radius 3 is 2.59 bits per heavy atom. The first-order valence-corrected chi connectivity index (χ1v) is 14.1. The number of hydrogen-bond donors (Lipinski definition) is 3. The Balaban J connectivity index is 1.63. The van der Waals surface area contributed by atoms with Gasteiger partial charge in [-0.2, -0.15) is 9.97 Å². The van der Waals surface area contributed by atoms with E-state index in [4.69, 9.17) is 22.1 Å². The number of likely N-dealkylation sites (tertiary alicyclic amines) is 1. The van der Waals surface area contributed by atoms with Crippen molar-refractivity contribution in [3.05, 3.63) is 53.1 Å². The van der Waals surface area contributed by atoms with E-state index in [1.807, 2.05) is 12.1 Å². The van der Waals surface area contributed by atoms with Gasteiger partial charge in [0.25, 0.3) is 0 Å². The summed E-state index contributed by atoms with van der Waals surface area (Å²) >= 11 is 6.41. The fraction of sp³-hybridized carbons (Fsp3) is 0.385. The molecule has 2 aromatic carbocycles. The summed E-state index contributed by atoms with van der Waals surface area (Å²) in [5, 5.41) is 5.70. The van der Waals surface area contributed by atoms with Gasteiger partial charge < -0.3 is 26.0 Å². The maximum atomic E-state index is 12.9. The molecule has 0 bridgehead atoms. The highest BCUT2D eigenvalue weighted by Crippen LogP contribution is 2.36. The average molecular weight is 545 g/mol. The molecule has 198 valence electrons. The SMILES string of the molecule is COc1cc(C2CCCN(C)C2)ccc1Nc1nc(N)c(Cl)c(Nc2ccccc2S(=O)(=O)C(C)C)n1. The summed E-state index contributed by atoms with van der Waals surface area (Å²) in [6.45, 7) is 5.40. The molecule has 1 saturated heterocycles. The number of piperidine rings is 1. The van der Waals surface area contributed by atoms with Crippen molar-refractivity contribution >= 4 is 50.4 Å². The number of likely N-dealkylation sites (N-methyl/N-ethyl adjacent to an activating group) is 1. The third kappa shape index (κ3) is 5.92. The van der Waals surface area contributed by atoms with Gasteiger partial charge in [0.05, 0.1) is 28.6 Å². The molecule has 4 rings (SSSR count). The van der Waals surface area contributed by atoms with Crippen molar-refractivity contribution in [1.29, 1.82) is 0 Å². The van der Waals surface area contributed by atoms with Gasteiger partial charge in [-0.05, 0) is 76.0 Å². The van der Waals surface area contributed by atoms with Crippen molar-refractivity contribution in [3.63, 3.8) is 0 Å². The highest BCUT2D eigenvalue weighted by molar-refractivity contribution is 7.92. The number of nitrogen functional groups attached to an aromatic ring is 1. The molecular weight excluding hydrogens is 512 g/mol. The van der Waals surface area contributed by atoms with Crippen molar-refractivity contribution in [2.75, 3.05) is 43.6 Å². The number of rotatable bonds is 8. The van der Waals surface area contributed by atoms with Crippen LogP contribution in [-0.4, -0.2) is 55.8 Å². The molecule has 11 heteroatoms. The van der Waals surface area contributed by atoms with Crippen LogP contribution in [0.1, 0.15) is 38.2 Å². The molecule has 1 atom stereocenters. The molecule has 0 radical (unpaired) electrons. The van der Waals surface area contributed by atoms with Gasteiger partial charge in [-0.3, -0.25) is 0 Å². The third-order valence-electron chi connectivity index (χ3n) is 6.51. The van der Waals surface area contributed by atoms with Crippen LogP contribution in [-0.2, 0) is 9.84 Å². The van der Waals surface area contributed by atoms with Crippen molar-refractivity contribution in [3.8, 4) is 5.75 Å². The molecule has 0 aliphatic carbocycles. The van der Waals surface area contributed by atoms with E-state index in [0.717, 1.165) is 19.5 Å². The first-order valence-electron chi connectivity index (χ1n) is 12.2.